The molecule has 1 aromatic heterocycles. The molecule has 0 saturated carbocycles. The number of carbonyl (C=O) groups excluding carboxylic acids is 1. The lowest BCUT2D eigenvalue weighted by atomic mass is 10.2. The molecule has 0 saturated heterocycles. The first-order chi connectivity index (χ1) is 12.1. The van der Waals surface area contributed by atoms with Gasteiger partial charge in [0.2, 0.25) is 0 Å². The van der Waals surface area contributed by atoms with Gasteiger partial charge in [-0.1, -0.05) is 41.9 Å². The average Bonchev–Trinajstić information content (AvgIpc) is 2.64. The Morgan fingerprint density at radius 1 is 1.08 bits per heavy atom. The van der Waals surface area contributed by atoms with Gasteiger partial charge in [0.05, 0.1) is 10.6 Å². The van der Waals surface area contributed by atoms with Crippen LogP contribution in [0.4, 0.5) is 15.9 Å². The lowest BCUT2D eigenvalue weighted by Gasteiger charge is -2.11. The Kier molecular flexibility index (Phi) is 5.26. The van der Waals surface area contributed by atoms with E-state index in [2.05, 4.69) is 15.6 Å². The molecule has 0 fully saturated rings. The molecule has 3 rings (SSSR count). The summed E-state index contributed by atoms with van der Waals surface area (Å²) in [4.78, 5) is 16.7. The van der Waals surface area contributed by atoms with Crippen molar-refractivity contribution < 1.29 is 9.18 Å². The largest absolute Gasteiger partial charge is 0.365 e. The molecular formula is C19H15ClFN3O. The molecule has 0 radical (unpaired) electrons. The van der Waals surface area contributed by atoms with Crippen LogP contribution in [0.3, 0.4) is 0 Å². The van der Waals surface area contributed by atoms with Crippen LogP contribution in [0.2, 0.25) is 5.02 Å². The van der Waals surface area contributed by atoms with E-state index in [0.717, 1.165) is 5.56 Å². The molecule has 3 aromatic rings. The molecule has 6 heteroatoms. The van der Waals surface area contributed by atoms with Crippen molar-refractivity contribution in [3.8, 4) is 0 Å². The smallest absolute Gasteiger partial charge is 0.259 e. The number of amides is 1. The standard InChI is InChI=1S/C19H15ClFN3O/c20-16-11-14(8-9-17(16)21)24-19(25)15-7-4-10-22-18(15)23-12-13-5-2-1-3-6-13/h1-11H,12H2,(H,22,23)(H,24,25). The van der Waals surface area contributed by atoms with Gasteiger partial charge < -0.3 is 10.6 Å². The van der Waals surface area contributed by atoms with Crippen LogP contribution in [0.15, 0.2) is 66.9 Å². The number of pyridine rings is 1. The number of aromatic nitrogens is 1. The first kappa shape index (κ1) is 16.9. The maximum atomic E-state index is 13.2. The fourth-order valence-electron chi connectivity index (χ4n) is 2.28. The highest BCUT2D eigenvalue weighted by molar-refractivity contribution is 6.31. The molecule has 1 amide bonds. The predicted molar refractivity (Wildman–Crippen MR) is 97.4 cm³/mol. The zero-order chi connectivity index (χ0) is 17.6. The molecule has 4 nitrogen and oxygen atoms in total. The number of carbonyl (C=O) groups is 1. The van der Waals surface area contributed by atoms with Crippen molar-refractivity contribution in [2.75, 3.05) is 10.6 Å². The molecule has 2 aromatic carbocycles. The van der Waals surface area contributed by atoms with Crippen LogP contribution in [0.1, 0.15) is 15.9 Å². The number of hydrogen-bond acceptors (Lipinski definition) is 3. The van der Waals surface area contributed by atoms with Crippen molar-refractivity contribution in [2.24, 2.45) is 0 Å². The van der Waals surface area contributed by atoms with Crippen molar-refractivity contribution >= 4 is 29.0 Å². The average molecular weight is 356 g/mol. The minimum atomic E-state index is -0.536. The summed E-state index contributed by atoms with van der Waals surface area (Å²) in [7, 11) is 0. The summed E-state index contributed by atoms with van der Waals surface area (Å²) in [5.74, 6) is -0.422. The van der Waals surface area contributed by atoms with Gasteiger partial charge in [-0.25, -0.2) is 9.37 Å². The summed E-state index contributed by atoms with van der Waals surface area (Å²) < 4.78 is 13.2. The first-order valence-electron chi connectivity index (χ1n) is 7.63. The van der Waals surface area contributed by atoms with Gasteiger partial charge in [-0.15, -0.1) is 0 Å². The third kappa shape index (κ3) is 4.33. The highest BCUT2D eigenvalue weighted by Crippen LogP contribution is 2.21. The minimum Gasteiger partial charge on any atom is -0.365 e. The van der Waals surface area contributed by atoms with Gasteiger partial charge in [-0.2, -0.15) is 0 Å². The van der Waals surface area contributed by atoms with Gasteiger partial charge in [-0.05, 0) is 35.9 Å². The number of benzene rings is 2. The molecule has 0 spiro atoms. The van der Waals surface area contributed by atoms with Gasteiger partial charge in [0.25, 0.3) is 5.91 Å². The number of hydrogen-bond donors (Lipinski definition) is 2. The van der Waals surface area contributed by atoms with E-state index in [4.69, 9.17) is 11.6 Å². The van der Waals surface area contributed by atoms with E-state index in [0.29, 0.717) is 23.6 Å². The van der Waals surface area contributed by atoms with Crippen LogP contribution in [0.5, 0.6) is 0 Å². The van der Waals surface area contributed by atoms with E-state index in [1.807, 2.05) is 30.3 Å². The van der Waals surface area contributed by atoms with E-state index >= 15 is 0 Å². The van der Waals surface area contributed by atoms with Crippen molar-refractivity contribution in [2.45, 2.75) is 6.54 Å². The molecule has 0 atom stereocenters. The monoisotopic (exact) mass is 355 g/mol. The third-order valence-corrected chi connectivity index (χ3v) is 3.82. The van der Waals surface area contributed by atoms with Gasteiger partial charge in [0, 0.05) is 18.4 Å². The van der Waals surface area contributed by atoms with Gasteiger partial charge in [0.1, 0.15) is 11.6 Å². The maximum absolute atomic E-state index is 13.2. The molecule has 0 aliphatic carbocycles. The first-order valence-corrected chi connectivity index (χ1v) is 8.00. The molecule has 2 N–H and O–H groups in total. The molecule has 25 heavy (non-hydrogen) atoms. The highest BCUT2D eigenvalue weighted by atomic mass is 35.5. The van der Waals surface area contributed by atoms with Crippen molar-refractivity contribution in [1.29, 1.82) is 0 Å². The number of nitrogens with zero attached hydrogens (tertiary/aromatic N) is 1. The van der Waals surface area contributed by atoms with E-state index in [1.54, 1.807) is 18.3 Å². The molecule has 1 heterocycles. The zero-order valence-electron chi connectivity index (χ0n) is 13.2. The van der Waals surface area contributed by atoms with Crippen LogP contribution in [-0.2, 0) is 6.54 Å². The Morgan fingerprint density at radius 2 is 1.88 bits per heavy atom. The molecule has 0 unspecified atom stereocenters. The van der Waals surface area contributed by atoms with Crippen molar-refractivity contribution in [3.05, 3.63) is 88.8 Å². The fourth-order valence-corrected chi connectivity index (χ4v) is 2.46. The maximum Gasteiger partial charge on any atom is 0.259 e. The van der Waals surface area contributed by atoms with Crippen LogP contribution in [0.25, 0.3) is 0 Å². The summed E-state index contributed by atoms with van der Waals surface area (Å²) in [6, 6.07) is 17.2. The Bertz CT molecular complexity index is 887. The van der Waals surface area contributed by atoms with Gasteiger partial charge >= 0.3 is 0 Å². The Labute approximate surface area is 149 Å². The van der Waals surface area contributed by atoms with Crippen LogP contribution < -0.4 is 10.6 Å². The number of nitrogens with one attached hydrogen (secondary N) is 2. The topological polar surface area (TPSA) is 54.0 Å². The van der Waals surface area contributed by atoms with E-state index in [1.165, 1.54) is 18.2 Å². The summed E-state index contributed by atoms with van der Waals surface area (Å²) in [6.07, 6.45) is 1.61. The van der Waals surface area contributed by atoms with Crippen molar-refractivity contribution in [3.63, 3.8) is 0 Å². The van der Waals surface area contributed by atoms with Gasteiger partial charge in [0.15, 0.2) is 0 Å². The number of rotatable bonds is 5. The number of anilines is 2. The Hall–Kier alpha value is -2.92. The summed E-state index contributed by atoms with van der Waals surface area (Å²) >= 11 is 5.74. The Morgan fingerprint density at radius 3 is 2.64 bits per heavy atom. The fraction of sp³-hybridized carbons (Fsp3) is 0.0526. The lowest BCUT2D eigenvalue weighted by molar-refractivity contribution is 0.102. The number of halogens is 2. The van der Waals surface area contributed by atoms with Crippen LogP contribution >= 0.6 is 11.6 Å². The van der Waals surface area contributed by atoms with Gasteiger partial charge in [-0.3, -0.25) is 4.79 Å². The summed E-state index contributed by atoms with van der Waals surface area (Å²) in [5, 5.41) is 5.80. The molecule has 126 valence electrons. The molecular weight excluding hydrogens is 341 g/mol. The zero-order valence-corrected chi connectivity index (χ0v) is 13.9. The lowest BCUT2D eigenvalue weighted by Crippen LogP contribution is -2.15. The predicted octanol–water partition coefficient (Wildman–Crippen LogP) is 4.74. The highest BCUT2D eigenvalue weighted by Gasteiger charge is 2.13. The summed E-state index contributed by atoms with van der Waals surface area (Å²) in [5.41, 5.74) is 1.87. The van der Waals surface area contributed by atoms with Crippen LogP contribution in [0, 0.1) is 5.82 Å². The third-order valence-electron chi connectivity index (χ3n) is 3.53. The van der Waals surface area contributed by atoms with Crippen LogP contribution in [-0.4, -0.2) is 10.9 Å². The normalized spacial score (nSPS) is 10.3. The second-order valence-electron chi connectivity index (χ2n) is 5.32. The van der Waals surface area contributed by atoms with E-state index in [9.17, 15) is 9.18 Å². The minimum absolute atomic E-state index is 0.0496. The van der Waals surface area contributed by atoms with E-state index < -0.39 is 5.82 Å². The SMILES string of the molecule is O=C(Nc1ccc(F)c(Cl)c1)c1cccnc1NCc1ccccc1. The second kappa shape index (κ2) is 7.77. The van der Waals surface area contributed by atoms with Crippen molar-refractivity contribution in [1.82, 2.24) is 4.98 Å². The van der Waals surface area contributed by atoms with E-state index in [-0.39, 0.29) is 10.9 Å². The summed E-state index contributed by atoms with van der Waals surface area (Å²) in [6.45, 7) is 0.542. The molecule has 0 bridgehead atoms. The second-order valence-corrected chi connectivity index (χ2v) is 5.73. The quantitative estimate of drug-likeness (QED) is 0.695. The Balaban J connectivity index is 1.75. The molecule has 0 aliphatic heterocycles. The molecule has 0 aliphatic rings.